The molecule has 59 heavy (non-hydrogen) atoms. The number of carbonyl (C=O) groups excluding carboxylic acids is 2. The van der Waals surface area contributed by atoms with Crippen LogP contribution in [0.1, 0.15) is 109 Å². The zero-order chi connectivity index (χ0) is 43.1. The molecule has 0 spiro atoms. The summed E-state index contributed by atoms with van der Waals surface area (Å²) in [7, 11) is 0. The molecule has 18 nitrogen and oxygen atoms in total. The molecule has 0 radical (unpaired) electrons. The molecule has 2 heterocycles. The fraction of sp³-hybridized carbons (Fsp3) is 0.875. The highest BCUT2D eigenvalue weighted by Gasteiger charge is 2.55. The van der Waals surface area contributed by atoms with Crippen molar-refractivity contribution in [3.05, 3.63) is 11.9 Å². The molecule has 6 atom stereocenters. The van der Waals surface area contributed by atoms with E-state index in [1.807, 2.05) is 11.8 Å². The minimum Gasteiger partial charge on any atom is -0.477 e. The number of aliphatic hydroxyl groups is 4. The predicted molar refractivity (Wildman–Crippen MR) is 221 cm³/mol. The SMILES string of the molecule is CSCCCCCCCCCCCCCCCC(=O)NCCOCCOCCOCCn1cc(CCO[C@]2(C(=O)O)C[C@H](O)[C@@H](NC(C)=O)[C@H]([C@H](O)[C@H](O)CO)O2)nn1. The van der Waals surface area contributed by atoms with E-state index in [-0.39, 0.29) is 18.9 Å². The molecule has 0 unspecified atom stereocenters. The third kappa shape index (κ3) is 22.8. The molecule has 19 heteroatoms. The van der Waals surface area contributed by atoms with Crippen LogP contribution < -0.4 is 10.6 Å². The van der Waals surface area contributed by atoms with Crippen LogP contribution in [-0.2, 0) is 51.0 Å². The highest BCUT2D eigenvalue weighted by molar-refractivity contribution is 7.98. The maximum Gasteiger partial charge on any atom is 0.364 e. The van der Waals surface area contributed by atoms with Crippen LogP contribution >= 0.6 is 11.8 Å². The Hall–Kier alpha value is -2.46. The summed E-state index contributed by atoms with van der Waals surface area (Å²) >= 11 is 1.94. The highest BCUT2D eigenvalue weighted by atomic mass is 32.2. The normalized spacial score (nSPS) is 20.3. The molecule has 1 aromatic rings. The molecule has 342 valence electrons. The second kappa shape index (κ2) is 32.3. The molecular formula is C40H73N5O13S. The number of ether oxygens (including phenoxy) is 5. The van der Waals surface area contributed by atoms with E-state index < -0.39 is 61.1 Å². The van der Waals surface area contributed by atoms with Gasteiger partial charge in [-0.15, -0.1) is 5.10 Å². The van der Waals surface area contributed by atoms with Crippen LogP contribution in [0.2, 0.25) is 0 Å². The van der Waals surface area contributed by atoms with Gasteiger partial charge in [-0.2, -0.15) is 11.8 Å². The molecule has 1 aliphatic rings. The van der Waals surface area contributed by atoms with Gasteiger partial charge in [-0.1, -0.05) is 75.8 Å². The Labute approximate surface area is 353 Å². The van der Waals surface area contributed by atoms with E-state index in [2.05, 4.69) is 27.2 Å². The van der Waals surface area contributed by atoms with E-state index in [4.69, 9.17) is 23.7 Å². The summed E-state index contributed by atoms with van der Waals surface area (Å²) in [6.45, 7) is 3.25. The van der Waals surface area contributed by atoms with Gasteiger partial charge < -0.3 is 59.9 Å². The Morgan fingerprint density at radius 2 is 1.47 bits per heavy atom. The maximum atomic E-state index is 12.3. The van der Waals surface area contributed by atoms with Crippen molar-refractivity contribution in [2.45, 2.75) is 152 Å². The number of carboxylic acid groups (broad SMARTS) is 1. The molecule has 0 bridgehead atoms. The summed E-state index contributed by atoms with van der Waals surface area (Å²) in [6.07, 6.45) is 13.9. The summed E-state index contributed by atoms with van der Waals surface area (Å²) in [5, 5.41) is 63.9. The minimum atomic E-state index is -2.42. The molecule has 0 saturated carbocycles. The number of nitrogens with zero attached hydrogens (tertiary/aromatic N) is 3. The Balaban J connectivity index is 1.46. The van der Waals surface area contributed by atoms with Gasteiger partial charge in [0, 0.05) is 38.9 Å². The van der Waals surface area contributed by atoms with E-state index in [1.165, 1.54) is 76.4 Å². The summed E-state index contributed by atoms with van der Waals surface area (Å²) in [4.78, 5) is 36.1. The lowest BCUT2D eigenvalue weighted by Gasteiger charge is -2.46. The highest BCUT2D eigenvalue weighted by Crippen LogP contribution is 2.33. The molecule has 1 saturated heterocycles. The third-order valence-corrected chi connectivity index (χ3v) is 10.7. The van der Waals surface area contributed by atoms with Crippen molar-refractivity contribution < 1.29 is 63.6 Å². The Morgan fingerprint density at radius 1 is 0.898 bits per heavy atom. The summed E-state index contributed by atoms with van der Waals surface area (Å²) in [5.74, 6) is -3.23. The van der Waals surface area contributed by atoms with Crippen LogP contribution in [0.4, 0.5) is 0 Å². The molecule has 2 rings (SSSR count). The van der Waals surface area contributed by atoms with Crippen LogP contribution in [0, 0.1) is 0 Å². The molecule has 1 fully saturated rings. The van der Waals surface area contributed by atoms with Gasteiger partial charge in [-0.05, 0) is 24.9 Å². The van der Waals surface area contributed by atoms with Crippen molar-refractivity contribution in [1.29, 1.82) is 0 Å². The van der Waals surface area contributed by atoms with E-state index >= 15 is 0 Å². The van der Waals surface area contributed by atoms with Gasteiger partial charge in [0.1, 0.15) is 18.3 Å². The van der Waals surface area contributed by atoms with E-state index in [1.54, 1.807) is 10.9 Å². The summed E-state index contributed by atoms with van der Waals surface area (Å²) in [6, 6.07) is -1.28. The molecular weight excluding hydrogens is 791 g/mol. The molecule has 0 aliphatic carbocycles. The lowest BCUT2D eigenvalue weighted by Crippen LogP contribution is -2.68. The zero-order valence-corrected chi connectivity index (χ0v) is 36.1. The van der Waals surface area contributed by atoms with Crippen LogP contribution in [0.25, 0.3) is 0 Å². The number of aromatic nitrogens is 3. The molecule has 0 aromatic carbocycles. The fourth-order valence-corrected chi connectivity index (χ4v) is 7.18. The number of rotatable bonds is 37. The number of nitrogens with one attached hydrogen (secondary N) is 2. The first-order chi connectivity index (χ1) is 28.5. The average molecular weight is 864 g/mol. The van der Waals surface area contributed by atoms with Crippen LogP contribution in [0.15, 0.2) is 6.20 Å². The molecule has 1 aromatic heterocycles. The van der Waals surface area contributed by atoms with Crippen molar-refractivity contribution in [3.8, 4) is 0 Å². The number of thioether (sulfide) groups is 1. The number of unbranched alkanes of at least 4 members (excludes halogenated alkanes) is 12. The number of amides is 2. The number of carboxylic acids is 1. The number of aliphatic hydroxyl groups excluding tert-OH is 4. The smallest absolute Gasteiger partial charge is 0.364 e. The minimum absolute atomic E-state index is 0.0701. The first-order valence-electron chi connectivity index (χ1n) is 21.4. The second-order valence-corrected chi connectivity index (χ2v) is 16.0. The van der Waals surface area contributed by atoms with Gasteiger partial charge in [0.05, 0.1) is 77.2 Å². The van der Waals surface area contributed by atoms with Gasteiger partial charge in [-0.25, -0.2) is 9.48 Å². The van der Waals surface area contributed by atoms with Crippen LogP contribution in [-0.4, -0.2) is 166 Å². The van der Waals surface area contributed by atoms with Crippen molar-refractivity contribution in [2.75, 3.05) is 71.4 Å². The van der Waals surface area contributed by atoms with Crippen LogP contribution in [0.5, 0.6) is 0 Å². The lowest BCUT2D eigenvalue weighted by atomic mass is 9.88. The number of hydrogen-bond donors (Lipinski definition) is 7. The average Bonchev–Trinajstić information content (AvgIpc) is 3.67. The quantitative estimate of drug-likeness (QED) is 0.0472. The van der Waals surface area contributed by atoms with E-state index in [0.29, 0.717) is 64.8 Å². The van der Waals surface area contributed by atoms with Gasteiger partial charge in [0.25, 0.3) is 5.79 Å². The molecule has 2 amide bonds. The number of aliphatic carboxylic acids is 1. The summed E-state index contributed by atoms with van der Waals surface area (Å²) < 4.78 is 29.4. The lowest BCUT2D eigenvalue weighted by molar-refractivity contribution is -0.311. The number of hydrogen-bond acceptors (Lipinski definition) is 15. The monoisotopic (exact) mass is 863 g/mol. The van der Waals surface area contributed by atoms with Gasteiger partial charge in [0.15, 0.2) is 0 Å². The largest absolute Gasteiger partial charge is 0.477 e. The first kappa shape index (κ1) is 52.7. The van der Waals surface area contributed by atoms with Gasteiger partial charge in [-0.3, -0.25) is 9.59 Å². The topological polar surface area (TPSA) is 253 Å². The van der Waals surface area contributed by atoms with Crippen molar-refractivity contribution in [3.63, 3.8) is 0 Å². The predicted octanol–water partition coefficient (Wildman–Crippen LogP) is 1.98. The third-order valence-electron chi connectivity index (χ3n) is 10.00. The standard InChI is InChI=1S/C40H73N5O13S/c1-31(47)42-36-33(48)28-40(39(52)53,58-38(36)37(51)34(49)30-46)57-20-17-32-29-45(44-43-32)19-22-55-24-26-56-25-23-54-21-18-41-35(50)16-14-12-10-8-6-4-3-5-7-9-11-13-15-27-59-2/h29,33-34,36-38,46,48-49,51H,3-28,30H2,1-2H3,(H,41,50)(H,42,47)(H,52,53)/t33-,34+,36+,37+,38+,40+/m0/s1. The van der Waals surface area contributed by atoms with Crippen molar-refractivity contribution in [2.24, 2.45) is 0 Å². The Kier molecular flexibility index (Phi) is 28.8. The second-order valence-electron chi connectivity index (χ2n) is 15.0. The van der Waals surface area contributed by atoms with Crippen molar-refractivity contribution in [1.82, 2.24) is 25.6 Å². The fourth-order valence-electron chi connectivity index (χ4n) is 6.69. The summed E-state index contributed by atoms with van der Waals surface area (Å²) in [5.41, 5.74) is 0.480. The first-order valence-corrected chi connectivity index (χ1v) is 22.8. The Morgan fingerprint density at radius 3 is 2.05 bits per heavy atom. The van der Waals surface area contributed by atoms with E-state index in [0.717, 1.165) is 19.8 Å². The van der Waals surface area contributed by atoms with Gasteiger partial charge in [0.2, 0.25) is 11.8 Å². The number of carbonyl (C=O) groups is 3. The van der Waals surface area contributed by atoms with Crippen molar-refractivity contribution >= 4 is 29.5 Å². The van der Waals surface area contributed by atoms with Crippen LogP contribution in [0.3, 0.4) is 0 Å². The molecule has 1 aliphatic heterocycles. The zero-order valence-electron chi connectivity index (χ0n) is 35.3. The van der Waals surface area contributed by atoms with E-state index in [9.17, 15) is 39.9 Å². The molecule has 7 N–H and O–H groups in total. The van der Waals surface area contributed by atoms with Gasteiger partial charge >= 0.3 is 5.97 Å². The maximum absolute atomic E-state index is 12.3. The Bertz CT molecular complexity index is 1270.